The number of nitrogens with zero attached hydrogens (tertiary/aromatic N) is 2. The van der Waals surface area contributed by atoms with Crippen LogP contribution in [0.5, 0.6) is 5.75 Å². The largest absolute Gasteiger partial charge is 0.506 e. The van der Waals surface area contributed by atoms with Crippen LogP contribution in [0.2, 0.25) is 0 Å². The summed E-state index contributed by atoms with van der Waals surface area (Å²) in [6.07, 6.45) is 3.47. The van der Waals surface area contributed by atoms with Crippen molar-refractivity contribution in [1.29, 1.82) is 0 Å². The second kappa shape index (κ2) is 3.94. The van der Waals surface area contributed by atoms with Crippen molar-refractivity contribution >= 4 is 11.0 Å². The highest BCUT2D eigenvalue weighted by atomic mass is 16.3. The first-order valence-electron chi connectivity index (χ1n) is 5.51. The molecule has 3 nitrogen and oxygen atoms in total. The Kier molecular flexibility index (Phi) is 2.29. The molecule has 0 saturated heterocycles. The Morgan fingerprint density at radius 2 is 1.94 bits per heavy atom. The minimum atomic E-state index is 0.204. The smallest absolute Gasteiger partial charge is 0.140 e. The molecule has 1 N–H and O–H groups in total. The first kappa shape index (κ1) is 9.90. The van der Waals surface area contributed by atoms with Crippen molar-refractivity contribution in [2.75, 3.05) is 0 Å². The van der Waals surface area contributed by atoms with Crippen molar-refractivity contribution in [2.24, 2.45) is 0 Å². The van der Waals surface area contributed by atoms with E-state index in [9.17, 15) is 5.11 Å². The molecule has 0 radical (unpaired) electrons. The van der Waals surface area contributed by atoms with Crippen molar-refractivity contribution < 1.29 is 5.11 Å². The van der Waals surface area contributed by atoms with Gasteiger partial charge in [0, 0.05) is 18.1 Å². The predicted molar refractivity (Wildman–Crippen MR) is 66.9 cm³/mol. The minimum Gasteiger partial charge on any atom is -0.506 e. The molecule has 0 aliphatic heterocycles. The van der Waals surface area contributed by atoms with Gasteiger partial charge in [0.2, 0.25) is 0 Å². The van der Waals surface area contributed by atoms with Gasteiger partial charge in [-0.2, -0.15) is 0 Å². The fourth-order valence-electron chi connectivity index (χ4n) is 1.97. The Hall–Kier alpha value is -2.29. The molecule has 0 amide bonds. The van der Waals surface area contributed by atoms with Gasteiger partial charge in [0.25, 0.3) is 0 Å². The van der Waals surface area contributed by atoms with Gasteiger partial charge in [0.1, 0.15) is 11.4 Å². The van der Waals surface area contributed by atoms with E-state index in [1.165, 1.54) is 11.8 Å². The second-order valence-corrected chi connectivity index (χ2v) is 4.04. The summed E-state index contributed by atoms with van der Waals surface area (Å²) in [6, 6.07) is 13.9. The van der Waals surface area contributed by atoms with Crippen molar-refractivity contribution in [1.82, 2.24) is 9.55 Å². The molecule has 3 rings (SSSR count). The molecule has 2 heterocycles. The summed E-state index contributed by atoms with van der Waals surface area (Å²) in [5, 5.41) is 10.3. The van der Waals surface area contributed by atoms with Crippen LogP contribution in [-0.4, -0.2) is 14.7 Å². The average molecular weight is 224 g/mol. The summed E-state index contributed by atoms with van der Waals surface area (Å²) in [4.78, 5) is 4.25. The van der Waals surface area contributed by atoms with Crippen LogP contribution in [0.15, 0.2) is 54.9 Å². The van der Waals surface area contributed by atoms with Gasteiger partial charge in [0.15, 0.2) is 0 Å². The van der Waals surface area contributed by atoms with Crippen molar-refractivity contribution in [3.05, 3.63) is 60.4 Å². The maximum Gasteiger partial charge on any atom is 0.140 e. The molecule has 0 unspecified atom stereocenters. The third-order valence-electron chi connectivity index (χ3n) is 2.78. The summed E-state index contributed by atoms with van der Waals surface area (Å²) in [5.74, 6) is 0.204. The third-order valence-corrected chi connectivity index (χ3v) is 2.78. The van der Waals surface area contributed by atoms with Crippen molar-refractivity contribution in [3.63, 3.8) is 0 Å². The van der Waals surface area contributed by atoms with E-state index >= 15 is 0 Å². The highest BCUT2D eigenvalue weighted by Gasteiger charge is 2.03. The van der Waals surface area contributed by atoms with Gasteiger partial charge in [-0.1, -0.05) is 30.3 Å². The summed E-state index contributed by atoms with van der Waals surface area (Å²) in [7, 11) is 0. The topological polar surface area (TPSA) is 38.1 Å². The van der Waals surface area contributed by atoms with E-state index in [0.717, 1.165) is 17.6 Å². The Morgan fingerprint density at radius 1 is 1.12 bits per heavy atom. The van der Waals surface area contributed by atoms with E-state index in [2.05, 4.69) is 21.7 Å². The van der Waals surface area contributed by atoms with Crippen LogP contribution in [0.25, 0.3) is 11.0 Å². The molecule has 17 heavy (non-hydrogen) atoms. The number of rotatable bonds is 2. The Morgan fingerprint density at radius 3 is 2.76 bits per heavy atom. The lowest BCUT2D eigenvalue weighted by atomic mass is 10.2. The minimum absolute atomic E-state index is 0.204. The zero-order valence-corrected chi connectivity index (χ0v) is 9.24. The van der Waals surface area contributed by atoms with Gasteiger partial charge < -0.3 is 9.67 Å². The number of fused-ring (bicyclic) bond motifs is 1. The molecule has 0 fully saturated rings. The summed E-state index contributed by atoms with van der Waals surface area (Å²) >= 11 is 0. The summed E-state index contributed by atoms with van der Waals surface area (Å²) < 4.78 is 2.07. The molecular formula is C14H12N2O. The molecule has 0 atom stereocenters. The lowest BCUT2D eigenvalue weighted by Crippen LogP contribution is -1.98. The summed E-state index contributed by atoms with van der Waals surface area (Å²) in [6.45, 7) is 0.794. The van der Waals surface area contributed by atoms with Gasteiger partial charge in [-0.05, 0) is 17.7 Å². The molecular weight excluding hydrogens is 212 g/mol. The van der Waals surface area contributed by atoms with Gasteiger partial charge in [-0.3, -0.25) is 0 Å². The van der Waals surface area contributed by atoms with Crippen LogP contribution in [0.3, 0.4) is 0 Å². The van der Waals surface area contributed by atoms with Crippen LogP contribution >= 0.6 is 0 Å². The van der Waals surface area contributed by atoms with Crippen LogP contribution < -0.4 is 0 Å². The molecule has 84 valence electrons. The number of hydrogen-bond donors (Lipinski definition) is 1. The van der Waals surface area contributed by atoms with Gasteiger partial charge in [0.05, 0.1) is 6.20 Å². The molecule has 0 bridgehead atoms. The SMILES string of the molecule is Oc1cnc2c(ccn2Cc2ccccc2)c1. The normalized spacial score (nSPS) is 10.8. The standard InChI is InChI=1S/C14H12N2O/c17-13-8-12-6-7-16(14(12)15-9-13)10-11-4-2-1-3-5-11/h1-9,17H,10H2. The molecule has 3 heteroatoms. The predicted octanol–water partition coefficient (Wildman–Crippen LogP) is 2.79. The van der Waals surface area contributed by atoms with Crippen molar-refractivity contribution in [3.8, 4) is 5.75 Å². The average Bonchev–Trinajstić information content (AvgIpc) is 2.73. The third kappa shape index (κ3) is 1.87. The molecule has 0 aliphatic carbocycles. The molecule has 3 aromatic rings. The van der Waals surface area contributed by atoms with E-state index in [-0.39, 0.29) is 5.75 Å². The Bertz CT molecular complexity index is 644. The number of benzene rings is 1. The second-order valence-electron chi connectivity index (χ2n) is 4.04. The molecule has 1 aromatic carbocycles. The highest BCUT2D eigenvalue weighted by molar-refractivity contribution is 5.77. The molecule has 2 aromatic heterocycles. The maximum absolute atomic E-state index is 9.36. The molecule has 0 spiro atoms. The fourth-order valence-corrected chi connectivity index (χ4v) is 1.97. The van der Waals surface area contributed by atoms with E-state index in [0.29, 0.717) is 0 Å². The Labute approximate surface area is 99.0 Å². The Balaban J connectivity index is 2.01. The number of aromatic hydroxyl groups is 1. The van der Waals surface area contributed by atoms with Crippen LogP contribution in [0.4, 0.5) is 0 Å². The summed E-state index contributed by atoms with van der Waals surface area (Å²) in [5.41, 5.74) is 2.13. The first-order valence-corrected chi connectivity index (χ1v) is 5.51. The quantitative estimate of drug-likeness (QED) is 0.726. The zero-order valence-electron chi connectivity index (χ0n) is 9.24. The van der Waals surface area contributed by atoms with E-state index in [1.54, 1.807) is 6.07 Å². The number of aromatic nitrogens is 2. The van der Waals surface area contributed by atoms with Gasteiger partial charge in [-0.15, -0.1) is 0 Å². The van der Waals surface area contributed by atoms with Gasteiger partial charge >= 0.3 is 0 Å². The lowest BCUT2D eigenvalue weighted by Gasteiger charge is -2.04. The zero-order chi connectivity index (χ0) is 11.7. The fraction of sp³-hybridized carbons (Fsp3) is 0.0714. The van der Waals surface area contributed by atoms with E-state index in [1.807, 2.05) is 30.5 Å². The van der Waals surface area contributed by atoms with E-state index in [4.69, 9.17) is 0 Å². The highest BCUT2D eigenvalue weighted by Crippen LogP contribution is 2.19. The van der Waals surface area contributed by atoms with Crippen molar-refractivity contribution in [2.45, 2.75) is 6.54 Å². The number of hydrogen-bond acceptors (Lipinski definition) is 2. The van der Waals surface area contributed by atoms with Crippen LogP contribution in [-0.2, 0) is 6.54 Å². The van der Waals surface area contributed by atoms with Crippen LogP contribution in [0.1, 0.15) is 5.56 Å². The lowest BCUT2D eigenvalue weighted by molar-refractivity contribution is 0.473. The monoisotopic (exact) mass is 224 g/mol. The van der Waals surface area contributed by atoms with E-state index < -0.39 is 0 Å². The number of pyridine rings is 1. The first-order chi connectivity index (χ1) is 8.33. The van der Waals surface area contributed by atoms with Gasteiger partial charge in [-0.25, -0.2) is 4.98 Å². The molecule has 0 aliphatic rings. The van der Waals surface area contributed by atoms with Crippen LogP contribution in [0, 0.1) is 0 Å². The molecule has 0 saturated carbocycles. The maximum atomic E-state index is 9.36.